The van der Waals surface area contributed by atoms with Crippen LogP contribution in [0.1, 0.15) is 39.7 Å². The second kappa shape index (κ2) is 8.34. The molecule has 1 aliphatic heterocycles. The highest BCUT2D eigenvalue weighted by Crippen LogP contribution is 2.13. The molecule has 2 amide bonds. The lowest BCUT2D eigenvalue weighted by Gasteiger charge is -2.22. The standard InChI is InChI=1S/C19H29N3O3/c1-14(20-18(24)25-19(2,3)4)17(23)21-16-10-11-22(13-16)12-15-8-6-5-7-9-15/h5-9,14,16H,10-13H2,1-4H3,(H,20,24)(H,21,23)/t14-,16-/m1/s1. The zero-order valence-corrected chi connectivity index (χ0v) is 15.5. The Balaban J connectivity index is 1.74. The minimum absolute atomic E-state index is 0.110. The van der Waals surface area contributed by atoms with Crippen molar-refractivity contribution in [1.29, 1.82) is 0 Å². The summed E-state index contributed by atoms with van der Waals surface area (Å²) in [6.07, 6.45) is 0.338. The molecule has 6 nitrogen and oxygen atoms in total. The van der Waals surface area contributed by atoms with Crippen molar-refractivity contribution < 1.29 is 14.3 Å². The van der Waals surface area contributed by atoms with Gasteiger partial charge in [0.15, 0.2) is 0 Å². The molecule has 0 radical (unpaired) electrons. The van der Waals surface area contributed by atoms with Gasteiger partial charge in [-0.2, -0.15) is 0 Å². The van der Waals surface area contributed by atoms with E-state index >= 15 is 0 Å². The molecule has 1 heterocycles. The number of likely N-dealkylation sites (tertiary alicyclic amines) is 1. The van der Waals surface area contributed by atoms with Gasteiger partial charge in [-0.05, 0) is 39.7 Å². The number of carbonyl (C=O) groups excluding carboxylic acids is 2. The van der Waals surface area contributed by atoms with Gasteiger partial charge < -0.3 is 15.4 Å². The van der Waals surface area contributed by atoms with Crippen molar-refractivity contribution in [1.82, 2.24) is 15.5 Å². The summed E-state index contributed by atoms with van der Waals surface area (Å²) in [5, 5.41) is 5.59. The molecule has 1 saturated heterocycles. The molecule has 0 bridgehead atoms. The van der Waals surface area contributed by atoms with Gasteiger partial charge in [-0.3, -0.25) is 9.69 Å². The molecule has 2 atom stereocenters. The average Bonchev–Trinajstić information content (AvgIpc) is 2.93. The first kappa shape index (κ1) is 19.2. The predicted molar refractivity (Wildman–Crippen MR) is 97.1 cm³/mol. The van der Waals surface area contributed by atoms with Gasteiger partial charge in [-0.25, -0.2) is 4.79 Å². The maximum absolute atomic E-state index is 12.3. The Hall–Kier alpha value is -2.08. The number of hydrogen-bond acceptors (Lipinski definition) is 4. The fourth-order valence-corrected chi connectivity index (χ4v) is 2.81. The van der Waals surface area contributed by atoms with E-state index in [1.807, 2.05) is 18.2 Å². The average molecular weight is 347 g/mol. The summed E-state index contributed by atoms with van der Waals surface area (Å²) in [4.78, 5) is 26.3. The third kappa shape index (κ3) is 6.74. The maximum atomic E-state index is 12.3. The Morgan fingerprint density at radius 3 is 2.60 bits per heavy atom. The quantitative estimate of drug-likeness (QED) is 0.857. The number of ether oxygens (including phenoxy) is 1. The summed E-state index contributed by atoms with van der Waals surface area (Å²) in [7, 11) is 0. The van der Waals surface area contributed by atoms with Crippen molar-refractivity contribution in [3.63, 3.8) is 0 Å². The number of nitrogens with one attached hydrogen (secondary N) is 2. The van der Waals surface area contributed by atoms with Gasteiger partial charge in [0.05, 0.1) is 0 Å². The molecule has 0 saturated carbocycles. The summed E-state index contributed by atoms with van der Waals surface area (Å²) in [6, 6.07) is 9.79. The Morgan fingerprint density at radius 2 is 1.96 bits per heavy atom. The maximum Gasteiger partial charge on any atom is 0.408 e. The highest BCUT2D eigenvalue weighted by Gasteiger charge is 2.27. The Bertz CT molecular complexity index is 583. The van der Waals surface area contributed by atoms with Crippen molar-refractivity contribution >= 4 is 12.0 Å². The van der Waals surface area contributed by atoms with E-state index in [1.165, 1.54) is 5.56 Å². The first-order chi connectivity index (χ1) is 11.7. The van der Waals surface area contributed by atoms with Crippen LogP contribution in [0.25, 0.3) is 0 Å². The SMILES string of the molecule is C[C@@H](NC(=O)OC(C)(C)C)C(=O)N[C@@H]1CCN(Cc2ccccc2)C1. The minimum atomic E-state index is -0.627. The number of nitrogens with zero attached hydrogens (tertiary/aromatic N) is 1. The van der Waals surface area contributed by atoms with Crippen LogP contribution in [0, 0.1) is 0 Å². The minimum Gasteiger partial charge on any atom is -0.444 e. The molecule has 6 heteroatoms. The number of rotatable bonds is 5. The van der Waals surface area contributed by atoms with E-state index in [-0.39, 0.29) is 11.9 Å². The van der Waals surface area contributed by atoms with Crippen LogP contribution in [0.15, 0.2) is 30.3 Å². The first-order valence-corrected chi connectivity index (χ1v) is 8.79. The Labute approximate surface area is 149 Å². The fraction of sp³-hybridized carbons (Fsp3) is 0.579. The van der Waals surface area contributed by atoms with E-state index in [1.54, 1.807) is 27.7 Å². The highest BCUT2D eigenvalue weighted by molar-refractivity contribution is 5.85. The van der Waals surface area contributed by atoms with Crippen LogP contribution in [-0.4, -0.2) is 47.7 Å². The van der Waals surface area contributed by atoms with Crippen LogP contribution in [0.2, 0.25) is 0 Å². The molecule has 0 aromatic heterocycles. The summed E-state index contributed by atoms with van der Waals surface area (Å²) < 4.78 is 5.17. The predicted octanol–water partition coefficient (Wildman–Crippen LogP) is 2.29. The lowest BCUT2D eigenvalue weighted by molar-refractivity contribution is -0.123. The second-order valence-corrected chi connectivity index (χ2v) is 7.58. The Morgan fingerprint density at radius 1 is 1.28 bits per heavy atom. The van der Waals surface area contributed by atoms with Crippen LogP contribution in [0.5, 0.6) is 0 Å². The first-order valence-electron chi connectivity index (χ1n) is 8.79. The summed E-state index contributed by atoms with van der Waals surface area (Å²) >= 11 is 0. The van der Waals surface area contributed by atoms with Gasteiger partial charge in [0.25, 0.3) is 0 Å². The lowest BCUT2D eigenvalue weighted by atomic mass is 10.2. The number of amides is 2. The van der Waals surface area contributed by atoms with Gasteiger partial charge in [-0.1, -0.05) is 30.3 Å². The molecule has 1 aromatic rings. The molecule has 0 aliphatic carbocycles. The monoisotopic (exact) mass is 347 g/mol. The van der Waals surface area contributed by atoms with E-state index in [0.29, 0.717) is 0 Å². The number of benzene rings is 1. The highest BCUT2D eigenvalue weighted by atomic mass is 16.6. The molecule has 1 fully saturated rings. The van der Waals surface area contributed by atoms with E-state index in [4.69, 9.17) is 4.74 Å². The number of carbonyl (C=O) groups is 2. The van der Waals surface area contributed by atoms with Crippen molar-refractivity contribution in [2.45, 2.75) is 58.3 Å². The zero-order chi connectivity index (χ0) is 18.4. The largest absolute Gasteiger partial charge is 0.444 e. The van der Waals surface area contributed by atoms with Gasteiger partial charge in [0, 0.05) is 25.7 Å². The van der Waals surface area contributed by atoms with Gasteiger partial charge in [0.1, 0.15) is 11.6 Å². The van der Waals surface area contributed by atoms with E-state index in [9.17, 15) is 9.59 Å². The summed E-state index contributed by atoms with van der Waals surface area (Å²) in [5.74, 6) is -0.183. The molecule has 25 heavy (non-hydrogen) atoms. The molecule has 1 aliphatic rings. The molecule has 2 rings (SSSR count). The second-order valence-electron chi connectivity index (χ2n) is 7.58. The van der Waals surface area contributed by atoms with Crippen LogP contribution < -0.4 is 10.6 Å². The van der Waals surface area contributed by atoms with Crippen molar-refractivity contribution in [2.24, 2.45) is 0 Å². The molecule has 0 unspecified atom stereocenters. The van der Waals surface area contributed by atoms with Crippen LogP contribution in [0.4, 0.5) is 4.79 Å². The van der Waals surface area contributed by atoms with Crippen molar-refractivity contribution in [2.75, 3.05) is 13.1 Å². The molecule has 138 valence electrons. The van der Waals surface area contributed by atoms with Gasteiger partial charge >= 0.3 is 6.09 Å². The van der Waals surface area contributed by atoms with E-state index < -0.39 is 17.7 Å². The summed E-state index contributed by atoms with van der Waals surface area (Å²) in [5.41, 5.74) is 0.693. The van der Waals surface area contributed by atoms with Gasteiger partial charge in [0.2, 0.25) is 5.91 Å². The van der Waals surface area contributed by atoms with E-state index in [0.717, 1.165) is 26.1 Å². The third-order valence-electron chi connectivity index (χ3n) is 3.99. The summed E-state index contributed by atoms with van der Waals surface area (Å²) in [6.45, 7) is 9.69. The van der Waals surface area contributed by atoms with Crippen molar-refractivity contribution in [3.05, 3.63) is 35.9 Å². The number of hydrogen-bond donors (Lipinski definition) is 2. The lowest BCUT2D eigenvalue weighted by Crippen LogP contribution is -2.49. The third-order valence-corrected chi connectivity index (χ3v) is 3.99. The zero-order valence-electron chi connectivity index (χ0n) is 15.5. The van der Waals surface area contributed by atoms with Crippen LogP contribution >= 0.6 is 0 Å². The molecule has 2 N–H and O–H groups in total. The molecule has 1 aromatic carbocycles. The molecular formula is C19H29N3O3. The smallest absolute Gasteiger partial charge is 0.408 e. The normalized spacial score (nSPS) is 19.3. The fourth-order valence-electron chi connectivity index (χ4n) is 2.81. The van der Waals surface area contributed by atoms with E-state index in [2.05, 4.69) is 27.7 Å². The van der Waals surface area contributed by atoms with Crippen LogP contribution in [0.3, 0.4) is 0 Å². The number of alkyl carbamates (subject to hydrolysis) is 1. The topological polar surface area (TPSA) is 70.7 Å². The van der Waals surface area contributed by atoms with Gasteiger partial charge in [-0.15, -0.1) is 0 Å². The molecule has 0 spiro atoms. The van der Waals surface area contributed by atoms with Crippen LogP contribution in [-0.2, 0) is 16.1 Å². The Kier molecular flexibility index (Phi) is 6.42. The molecular weight excluding hydrogens is 318 g/mol. The van der Waals surface area contributed by atoms with Crippen molar-refractivity contribution in [3.8, 4) is 0 Å².